The molecule has 0 rings (SSSR count). The summed E-state index contributed by atoms with van der Waals surface area (Å²) in [6, 6.07) is 0. The van der Waals surface area contributed by atoms with Crippen LogP contribution in [-0.2, 0) is 18.1 Å². The van der Waals surface area contributed by atoms with Crippen molar-refractivity contribution in [1.82, 2.24) is 0 Å². The van der Waals surface area contributed by atoms with E-state index in [0.29, 0.717) is 25.7 Å². The zero-order valence-electron chi connectivity index (χ0n) is 18.7. The largest absolute Gasteiger partial charge is 0.474 e. The van der Waals surface area contributed by atoms with Gasteiger partial charge in [-0.25, -0.2) is 4.57 Å². The fourth-order valence-electron chi connectivity index (χ4n) is 3.36. The topological polar surface area (TPSA) is 44.8 Å². The molecule has 0 aliphatic carbocycles. The Labute approximate surface area is 169 Å². The standard InChI is InChI=1S/C22H47O4P/c1-5-9-11-13-14-16-18-20-22(19-17-15-12-10-6-2)21-26-27(23,24-7-3)25-8-4/h22H,5-21H2,1-4H3. The molecule has 0 radical (unpaired) electrons. The highest BCUT2D eigenvalue weighted by atomic mass is 31.2. The molecule has 0 aliphatic rings. The van der Waals surface area contributed by atoms with Gasteiger partial charge in [0.25, 0.3) is 0 Å². The molecule has 0 saturated heterocycles. The maximum atomic E-state index is 12.5. The molecule has 4 nitrogen and oxygen atoms in total. The summed E-state index contributed by atoms with van der Waals surface area (Å²) in [5, 5.41) is 0. The minimum Gasteiger partial charge on any atom is -0.287 e. The Kier molecular flexibility index (Phi) is 19.5. The number of unbranched alkanes of at least 4 members (excludes halogenated alkanes) is 10. The van der Waals surface area contributed by atoms with Crippen LogP contribution in [0.1, 0.15) is 118 Å². The van der Waals surface area contributed by atoms with Gasteiger partial charge in [0, 0.05) is 0 Å². The Morgan fingerprint density at radius 2 is 1.00 bits per heavy atom. The Balaban J connectivity index is 4.26. The van der Waals surface area contributed by atoms with E-state index in [4.69, 9.17) is 13.6 Å². The van der Waals surface area contributed by atoms with E-state index in [-0.39, 0.29) is 0 Å². The van der Waals surface area contributed by atoms with Crippen LogP contribution in [0.3, 0.4) is 0 Å². The number of phosphoric acid groups is 1. The van der Waals surface area contributed by atoms with E-state index in [9.17, 15) is 4.57 Å². The minimum absolute atomic E-state index is 0.344. The second kappa shape index (κ2) is 19.4. The fourth-order valence-corrected chi connectivity index (χ4v) is 4.61. The maximum absolute atomic E-state index is 12.5. The van der Waals surface area contributed by atoms with Crippen LogP contribution in [0.2, 0.25) is 0 Å². The fraction of sp³-hybridized carbons (Fsp3) is 1.00. The highest BCUT2D eigenvalue weighted by molar-refractivity contribution is 7.48. The molecule has 0 aliphatic heterocycles. The first-order valence-electron chi connectivity index (χ1n) is 11.6. The van der Waals surface area contributed by atoms with Crippen molar-refractivity contribution < 1.29 is 18.1 Å². The average Bonchev–Trinajstić information content (AvgIpc) is 2.65. The number of hydrogen-bond donors (Lipinski definition) is 0. The third-order valence-electron chi connectivity index (χ3n) is 4.97. The summed E-state index contributed by atoms with van der Waals surface area (Å²) in [7, 11) is -3.38. The molecule has 0 saturated carbocycles. The molecule has 5 heteroatoms. The summed E-state index contributed by atoms with van der Waals surface area (Å²) in [6.07, 6.45) is 18.0. The van der Waals surface area contributed by atoms with E-state index in [1.165, 1.54) is 77.0 Å². The van der Waals surface area contributed by atoms with Crippen LogP contribution >= 0.6 is 7.82 Å². The van der Waals surface area contributed by atoms with Gasteiger partial charge in [0.2, 0.25) is 0 Å². The lowest BCUT2D eigenvalue weighted by Crippen LogP contribution is -2.11. The zero-order chi connectivity index (χ0) is 20.2. The van der Waals surface area contributed by atoms with E-state index in [1.807, 2.05) is 13.8 Å². The lowest BCUT2D eigenvalue weighted by molar-refractivity contribution is 0.102. The van der Waals surface area contributed by atoms with Crippen molar-refractivity contribution in [2.24, 2.45) is 5.92 Å². The third kappa shape index (κ3) is 16.7. The highest BCUT2D eigenvalue weighted by Gasteiger charge is 2.26. The van der Waals surface area contributed by atoms with Gasteiger partial charge in [0.15, 0.2) is 0 Å². The van der Waals surface area contributed by atoms with Crippen molar-refractivity contribution in [3.8, 4) is 0 Å². The Hall–Kier alpha value is 0.110. The molecule has 164 valence electrons. The summed E-state index contributed by atoms with van der Waals surface area (Å²) in [4.78, 5) is 0. The number of hydrogen-bond acceptors (Lipinski definition) is 4. The first-order valence-corrected chi connectivity index (χ1v) is 13.1. The van der Waals surface area contributed by atoms with Crippen LogP contribution in [-0.4, -0.2) is 19.8 Å². The molecule has 0 amide bonds. The van der Waals surface area contributed by atoms with Crippen molar-refractivity contribution in [3.63, 3.8) is 0 Å². The first kappa shape index (κ1) is 27.1. The van der Waals surface area contributed by atoms with Crippen molar-refractivity contribution >= 4 is 7.82 Å². The molecule has 0 spiro atoms. The van der Waals surface area contributed by atoms with Crippen LogP contribution in [0.15, 0.2) is 0 Å². The summed E-state index contributed by atoms with van der Waals surface area (Å²) < 4.78 is 28.8. The molecule has 0 aromatic heterocycles. The molecule has 0 aromatic carbocycles. The van der Waals surface area contributed by atoms with Crippen LogP contribution in [0.4, 0.5) is 0 Å². The van der Waals surface area contributed by atoms with Crippen molar-refractivity contribution in [1.29, 1.82) is 0 Å². The molecular formula is C22H47O4P. The van der Waals surface area contributed by atoms with Gasteiger partial charge < -0.3 is 0 Å². The lowest BCUT2D eigenvalue weighted by Gasteiger charge is -2.21. The second-order valence-electron chi connectivity index (χ2n) is 7.56. The van der Waals surface area contributed by atoms with Gasteiger partial charge in [-0.1, -0.05) is 90.9 Å². The van der Waals surface area contributed by atoms with Crippen molar-refractivity contribution in [3.05, 3.63) is 0 Å². The molecule has 0 fully saturated rings. The van der Waals surface area contributed by atoms with E-state index in [2.05, 4.69) is 13.8 Å². The summed E-state index contributed by atoms with van der Waals surface area (Å²) in [5.41, 5.74) is 0. The molecule has 1 atom stereocenters. The van der Waals surface area contributed by atoms with E-state index < -0.39 is 7.82 Å². The minimum atomic E-state index is -3.38. The van der Waals surface area contributed by atoms with Gasteiger partial charge in [-0.05, 0) is 32.6 Å². The quantitative estimate of drug-likeness (QED) is 0.142. The summed E-state index contributed by atoms with van der Waals surface area (Å²) in [6.45, 7) is 9.32. The monoisotopic (exact) mass is 406 g/mol. The SMILES string of the molecule is CCCCCCCCCC(CCCCCCC)COP(=O)(OCC)OCC. The van der Waals surface area contributed by atoms with Gasteiger partial charge in [-0.2, -0.15) is 0 Å². The maximum Gasteiger partial charge on any atom is 0.474 e. The molecule has 0 aromatic rings. The lowest BCUT2D eigenvalue weighted by atomic mass is 9.95. The summed E-state index contributed by atoms with van der Waals surface area (Å²) >= 11 is 0. The van der Waals surface area contributed by atoms with Gasteiger partial charge in [-0.15, -0.1) is 0 Å². The normalized spacial score (nSPS) is 13.2. The van der Waals surface area contributed by atoms with Gasteiger partial charge in [0.1, 0.15) is 0 Å². The Morgan fingerprint density at radius 1 is 0.593 bits per heavy atom. The molecule has 27 heavy (non-hydrogen) atoms. The first-order chi connectivity index (χ1) is 13.1. The van der Waals surface area contributed by atoms with Crippen LogP contribution in [0, 0.1) is 5.92 Å². The predicted octanol–water partition coefficient (Wildman–Crippen LogP) is 8.30. The molecule has 0 bridgehead atoms. The Bertz CT molecular complexity index is 339. The smallest absolute Gasteiger partial charge is 0.287 e. The van der Waals surface area contributed by atoms with E-state index >= 15 is 0 Å². The second-order valence-corrected chi connectivity index (χ2v) is 9.23. The average molecular weight is 407 g/mol. The molecule has 1 unspecified atom stereocenters. The van der Waals surface area contributed by atoms with Crippen LogP contribution < -0.4 is 0 Å². The predicted molar refractivity (Wildman–Crippen MR) is 116 cm³/mol. The number of rotatable bonds is 21. The third-order valence-corrected chi connectivity index (χ3v) is 6.59. The van der Waals surface area contributed by atoms with Gasteiger partial charge in [-0.3, -0.25) is 13.6 Å². The van der Waals surface area contributed by atoms with Crippen LogP contribution in [0.5, 0.6) is 0 Å². The van der Waals surface area contributed by atoms with E-state index in [1.54, 1.807) is 0 Å². The Morgan fingerprint density at radius 3 is 1.41 bits per heavy atom. The molecule has 0 heterocycles. The highest BCUT2D eigenvalue weighted by Crippen LogP contribution is 2.49. The van der Waals surface area contributed by atoms with E-state index in [0.717, 1.165) is 12.8 Å². The van der Waals surface area contributed by atoms with Crippen LogP contribution in [0.25, 0.3) is 0 Å². The number of phosphoric ester groups is 1. The molecule has 0 N–H and O–H groups in total. The molecular weight excluding hydrogens is 359 g/mol. The van der Waals surface area contributed by atoms with Gasteiger partial charge in [0.05, 0.1) is 19.8 Å². The summed E-state index contributed by atoms with van der Waals surface area (Å²) in [5.74, 6) is 0.455. The van der Waals surface area contributed by atoms with Gasteiger partial charge >= 0.3 is 7.82 Å². The van der Waals surface area contributed by atoms with Crippen molar-refractivity contribution in [2.45, 2.75) is 118 Å². The zero-order valence-corrected chi connectivity index (χ0v) is 19.6. The van der Waals surface area contributed by atoms with Crippen molar-refractivity contribution in [2.75, 3.05) is 19.8 Å².